The molecule has 1 amide bonds. The molecule has 0 spiro atoms. The quantitative estimate of drug-likeness (QED) is 0.491. The van der Waals surface area contributed by atoms with Crippen molar-refractivity contribution in [1.29, 1.82) is 0 Å². The van der Waals surface area contributed by atoms with Gasteiger partial charge in [-0.1, -0.05) is 6.58 Å². The van der Waals surface area contributed by atoms with E-state index in [1.807, 2.05) is 0 Å². The molecule has 2 saturated carbocycles. The van der Waals surface area contributed by atoms with Crippen LogP contribution in [0.2, 0.25) is 0 Å². The van der Waals surface area contributed by atoms with Gasteiger partial charge in [-0.2, -0.15) is 0 Å². The molecule has 2 aliphatic carbocycles. The second-order valence-corrected chi connectivity index (χ2v) is 12.2. The zero-order valence-electron chi connectivity index (χ0n) is 18.8. The van der Waals surface area contributed by atoms with Crippen molar-refractivity contribution in [2.45, 2.75) is 80.3 Å². The number of alkyl halides is 2. The van der Waals surface area contributed by atoms with Crippen LogP contribution in [0.15, 0.2) is 12.0 Å². The highest BCUT2D eigenvalue weighted by Gasteiger charge is 2.41. The lowest BCUT2D eigenvalue weighted by atomic mass is 9.71. The van der Waals surface area contributed by atoms with Crippen molar-refractivity contribution in [3.8, 4) is 0 Å². The SMILES string of the molecule is C=CS(=O)(=O)NC1CCN(C(=O)CNC2CC(C3CCC(Cl)CC3)C(Cl)CC2OC)CC1. The number of hydrogen-bond acceptors (Lipinski definition) is 5. The molecule has 184 valence electrons. The number of nitrogens with one attached hydrogen (secondary N) is 2. The van der Waals surface area contributed by atoms with Crippen LogP contribution >= 0.6 is 23.2 Å². The third-order valence-corrected chi connectivity index (χ3v) is 9.46. The molecule has 0 aromatic rings. The van der Waals surface area contributed by atoms with Gasteiger partial charge in [0.25, 0.3) is 0 Å². The zero-order valence-corrected chi connectivity index (χ0v) is 21.2. The third kappa shape index (κ3) is 7.06. The second kappa shape index (κ2) is 11.8. The molecule has 3 fully saturated rings. The Morgan fingerprint density at radius 1 is 1.12 bits per heavy atom. The van der Waals surface area contributed by atoms with Gasteiger partial charge in [-0.15, -0.1) is 23.2 Å². The first-order valence-corrected chi connectivity index (χ1v) is 14.1. The number of nitrogens with zero attached hydrogens (tertiary/aromatic N) is 1. The van der Waals surface area contributed by atoms with Crippen molar-refractivity contribution in [1.82, 2.24) is 14.9 Å². The van der Waals surface area contributed by atoms with Crippen LogP contribution in [-0.2, 0) is 19.6 Å². The fourth-order valence-electron chi connectivity index (χ4n) is 5.48. The topological polar surface area (TPSA) is 87.7 Å². The molecule has 7 nitrogen and oxygen atoms in total. The number of piperidine rings is 1. The van der Waals surface area contributed by atoms with Gasteiger partial charge in [0.05, 0.1) is 12.6 Å². The molecule has 3 rings (SSSR count). The number of carbonyl (C=O) groups excluding carboxylic acids is 1. The van der Waals surface area contributed by atoms with Gasteiger partial charge in [0.2, 0.25) is 15.9 Å². The van der Waals surface area contributed by atoms with E-state index in [4.69, 9.17) is 27.9 Å². The van der Waals surface area contributed by atoms with Gasteiger partial charge in [-0.05, 0) is 63.2 Å². The van der Waals surface area contributed by atoms with Gasteiger partial charge in [0, 0.05) is 48.4 Å². The lowest BCUT2D eigenvalue weighted by Crippen LogP contribution is -2.54. The van der Waals surface area contributed by atoms with Crippen LogP contribution in [-0.4, -0.2) is 74.9 Å². The van der Waals surface area contributed by atoms with Crippen LogP contribution in [0.3, 0.4) is 0 Å². The Morgan fingerprint density at radius 2 is 1.78 bits per heavy atom. The van der Waals surface area contributed by atoms with Crippen molar-refractivity contribution >= 4 is 39.1 Å². The number of carbonyl (C=O) groups is 1. The van der Waals surface area contributed by atoms with Crippen LogP contribution in [0.5, 0.6) is 0 Å². The molecule has 1 heterocycles. The average molecular weight is 511 g/mol. The first-order chi connectivity index (χ1) is 15.2. The van der Waals surface area contributed by atoms with E-state index in [-0.39, 0.29) is 41.4 Å². The van der Waals surface area contributed by atoms with Crippen molar-refractivity contribution < 1.29 is 17.9 Å². The molecule has 1 aliphatic heterocycles. The van der Waals surface area contributed by atoms with E-state index in [0.717, 1.165) is 43.9 Å². The van der Waals surface area contributed by atoms with Gasteiger partial charge in [-0.25, -0.2) is 13.1 Å². The molecule has 10 heteroatoms. The molecule has 0 aromatic heterocycles. The van der Waals surface area contributed by atoms with E-state index in [9.17, 15) is 13.2 Å². The highest BCUT2D eigenvalue weighted by Crippen LogP contribution is 2.42. The fourth-order valence-corrected chi connectivity index (χ4v) is 7.01. The Morgan fingerprint density at radius 3 is 2.38 bits per heavy atom. The van der Waals surface area contributed by atoms with Gasteiger partial charge in [0.15, 0.2) is 0 Å². The normalized spacial score (nSPS) is 34.9. The Hall–Kier alpha value is -0.380. The minimum absolute atomic E-state index is 0.00929. The highest BCUT2D eigenvalue weighted by atomic mass is 35.5. The van der Waals surface area contributed by atoms with Gasteiger partial charge in [-0.3, -0.25) is 4.79 Å². The van der Waals surface area contributed by atoms with Gasteiger partial charge in [0.1, 0.15) is 0 Å². The largest absolute Gasteiger partial charge is 0.380 e. The minimum Gasteiger partial charge on any atom is -0.380 e. The van der Waals surface area contributed by atoms with Gasteiger partial charge < -0.3 is 15.0 Å². The van der Waals surface area contributed by atoms with E-state index in [0.29, 0.717) is 37.8 Å². The molecular weight excluding hydrogens is 473 g/mol. The van der Waals surface area contributed by atoms with E-state index in [1.165, 1.54) is 0 Å². The molecule has 4 unspecified atom stereocenters. The van der Waals surface area contributed by atoms with E-state index in [1.54, 1.807) is 12.0 Å². The molecule has 0 aromatic carbocycles. The van der Waals surface area contributed by atoms with E-state index >= 15 is 0 Å². The number of amides is 1. The first kappa shape index (κ1) is 26.2. The Kier molecular flexibility index (Phi) is 9.71. The smallest absolute Gasteiger partial charge is 0.236 e. The van der Waals surface area contributed by atoms with Crippen LogP contribution in [0.1, 0.15) is 51.4 Å². The van der Waals surface area contributed by atoms with Crippen LogP contribution in [0.4, 0.5) is 0 Å². The second-order valence-electron chi connectivity index (χ2n) is 9.41. The number of rotatable bonds is 8. The third-order valence-electron chi connectivity index (χ3n) is 7.42. The molecule has 3 aliphatic rings. The maximum Gasteiger partial charge on any atom is 0.236 e. The number of methoxy groups -OCH3 is 1. The molecule has 32 heavy (non-hydrogen) atoms. The molecular formula is C22H37Cl2N3O4S. The molecule has 0 bridgehead atoms. The highest BCUT2D eigenvalue weighted by molar-refractivity contribution is 7.92. The summed E-state index contributed by atoms with van der Waals surface area (Å²) in [6, 6.07) is -0.0645. The van der Waals surface area contributed by atoms with Crippen molar-refractivity contribution in [3.05, 3.63) is 12.0 Å². The number of likely N-dealkylation sites (tertiary alicyclic amines) is 1. The zero-order chi connectivity index (χ0) is 23.3. The molecule has 1 saturated heterocycles. The average Bonchev–Trinajstić information content (AvgIpc) is 2.78. The Bertz CT molecular complexity index is 737. The first-order valence-electron chi connectivity index (χ1n) is 11.7. The molecule has 2 N–H and O–H groups in total. The van der Waals surface area contributed by atoms with Crippen molar-refractivity contribution in [2.75, 3.05) is 26.7 Å². The van der Waals surface area contributed by atoms with Gasteiger partial charge >= 0.3 is 0 Å². The number of hydrogen-bond donors (Lipinski definition) is 2. The molecule has 4 atom stereocenters. The Labute approximate surface area is 202 Å². The number of sulfonamides is 1. The number of halogens is 2. The van der Waals surface area contributed by atoms with E-state index < -0.39 is 10.0 Å². The molecule has 0 radical (unpaired) electrons. The maximum absolute atomic E-state index is 12.8. The standard InChI is InChI=1S/C22H37Cl2N3O4S/c1-3-32(29,30)26-17-8-10-27(11-9-17)22(28)14-25-20-12-18(19(24)13-21(20)31-2)15-4-6-16(23)7-5-15/h3,15-21,25-26H,1,4-14H2,2H3. The summed E-state index contributed by atoms with van der Waals surface area (Å²) >= 11 is 13.1. The minimum atomic E-state index is -3.45. The fraction of sp³-hybridized carbons (Fsp3) is 0.864. The summed E-state index contributed by atoms with van der Waals surface area (Å²) in [4.78, 5) is 14.6. The Balaban J connectivity index is 1.48. The summed E-state index contributed by atoms with van der Waals surface area (Å²) in [5, 5.41) is 4.75. The summed E-state index contributed by atoms with van der Waals surface area (Å²) in [6.45, 7) is 4.65. The summed E-state index contributed by atoms with van der Waals surface area (Å²) in [6.07, 6.45) is 7.22. The number of ether oxygens (including phenoxy) is 1. The summed E-state index contributed by atoms with van der Waals surface area (Å²) in [5.41, 5.74) is 0. The predicted octanol–water partition coefficient (Wildman–Crippen LogP) is 2.83. The van der Waals surface area contributed by atoms with Crippen molar-refractivity contribution in [3.63, 3.8) is 0 Å². The maximum atomic E-state index is 12.8. The van der Waals surface area contributed by atoms with Crippen LogP contribution < -0.4 is 10.0 Å². The monoisotopic (exact) mass is 509 g/mol. The van der Waals surface area contributed by atoms with Crippen LogP contribution in [0.25, 0.3) is 0 Å². The van der Waals surface area contributed by atoms with E-state index in [2.05, 4.69) is 16.6 Å². The lowest BCUT2D eigenvalue weighted by Gasteiger charge is -2.43. The lowest BCUT2D eigenvalue weighted by molar-refractivity contribution is -0.131. The summed E-state index contributed by atoms with van der Waals surface area (Å²) < 4.78 is 31.6. The predicted molar refractivity (Wildman–Crippen MR) is 128 cm³/mol. The van der Waals surface area contributed by atoms with Crippen molar-refractivity contribution in [2.24, 2.45) is 11.8 Å². The van der Waals surface area contributed by atoms with Crippen LogP contribution in [0, 0.1) is 11.8 Å². The summed E-state index contributed by atoms with van der Waals surface area (Å²) in [5.74, 6) is 1.04. The summed E-state index contributed by atoms with van der Waals surface area (Å²) in [7, 11) is -1.74.